The van der Waals surface area contributed by atoms with Crippen molar-refractivity contribution < 1.29 is 19.7 Å². The number of aliphatic hydroxyl groups excluding tert-OH is 1. The van der Waals surface area contributed by atoms with Crippen molar-refractivity contribution in [1.29, 1.82) is 0 Å². The van der Waals surface area contributed by atoms with Gasteiger partial charge >= 0.3 is 0 Å². The number of benzene rings is 1. The van der Waals surface area contributed by atoms with Crippen molar-refractivity contribution in [3.8, 4) is 0 Å². The fraction of sp³-hybridized carbons (Fsp3) is 0.222. The molecule has 1 aromatic carbocycles. The topological polar surface area (TPSA) is 150 Å². The van der Waals surface area contributed by atoms with Crippen molar-refractivity contribution in [3.63, 3.8) is 0 Å². The molecule has 0 saturated carbocycles. The van der Waals surface area contributed by atoms with Crippen LogP contribution in [0.2, 0.25) is 0 Å². The Balaban J connectivity index is 3.48. The Labute approximate surface area is 110 Å². The number of rotatable bonds is 6. The van der Waals surface area contributed by atoms with Crippen molar-refractivity contribution in [2.24, 2.45) is 5.73 Å². The summed E-state index contributed by atoms with van der Waals surface area (Å²) in [4.78, 5) is 31.2. The zero-order valence-corrected chi connectivity index (χ0v) is 10.3. The lowest BCUT2D eigenvalue weighted by Crippen LogP contribution is -2.16. The Kier molecular flexibility index (Phi) is 4.78. The van der Waals surface area contributed by atoms with Crippen molar-refractivity contribution in [2.75, 3.05) is 12.4 Å². The number of nitro benzene ring substituents is 2. The van der Waals surface area contributed by atoms with Crippen LogP contribution in [0, 0.1) is 20.2 Å². The van der Waals surface area contributed by atoms with Gasteiger partial charge in [0.05, 0.1) is 16.5 Å². The van der Waals surface area contributed by atoms with Crippen molar-refractivity contribution in [1.82, 2.24) is 0 Å². The Bertz CT molecular complexity index is 512. The number of aliphatic hydroxyl groups is 1. The highest BCUT2D eigenvalue weighted by Gasteiger charge is 2.30. The second kappa shape index (κ2) is 6.11. The van der Waals surface area contributed by atoms with Crippen LogP contribution in [0.15, 0.2) is 17.0 Å². The summed E-state index contributed by atoms with van der Waals surface area (Å²) >= 11 is 0.993. The normalized spacial score (nSPS) is 10.2. The molecule has 0 saturated heterocycles. The third-order valence-electron chi connectivity index (χ3n) is 2.07. The monoisotopic (exact) mass is 287 g/mol. The van der Waals surface area contributed by atoms with E-state index in [0.717, 1.165) is 23.9 Å². The lowest BCUT2D eigenvalue weighted by Gasteiger charge is -2.04. The molecule has 3 N–H and O–H groups in total. The molecule has 0 unspecified atom stereocenters. The number of nitrogens with zero attached hydrogens (tertiary/aromatic N) is 2. The molecule has 102 valence electrons. The number of primary amides is 1. The Morgan fingerprint density at radius 1 is 1.26 bits per heavy atom. The number of hydrogen-bond donors (Lipinski definition) is 2. The van der Waals surface area contributed by atoms with Crippen LogP contribution in [-0.4, -0.2) is 33.2 Å². The molecule has 0 atom stereocenters. The van der Waals surface area contributed by atoms with Gasteiger partial charge in [0.15, 0.2) is 5.56 Å². The molecular weight excluding hydrogens is 278 g/mol. The summed E-state index contributed by atoms with van der Waals surface area (Å²) in [6.07, 6.45) is 0. The highest BCUT2D eigenvalue weighted by molar-refractivity contribution is 7.99. The van der Waals surface area contributed by atoms with E-state index in [-0.39, 0.29) is 17.3 Å². The number of carbonyl (C=O) groups is 1. The molecule has 0 aromatic heterocycles. The number of thioether (sulfide) groups is 1. The van der Waals surface area contributed by atoms with Gasteiger partial charge in [-0.1, -0.05) is 0 Å². The maximum atomic E-state index is 11.1. The van der Waals surface area contributed by atoms with Crippen LogP contribution in [0.4, 0.5) is 11.4 Å². The van der Waals surface area contributed by atoms with Gasteiger partial charge in [-0.05, 0) is 0 Å². The van der Waals surface area contributed by atoms with Crippen LogP contribution < -0.4 is 5.73 Å². The molecule has 0 heterocycles. The maximum absolute atomic E-state index is 11.1. The first kappa shape index (κ1) is 14.9. The van der Waals surface area contributed by atoms with Crippen LogP contribution in [0.5, 0.6) is 0 Å². The van der Waals surface area contributed by atoms with Crippen molar-refractivity contribution in [3.05, 3.63) is 37.9 Å². The molecule has 0 radical (unpaired) electrons. The summed E-state index contributed by atoms with van der Waals surface area (Å²) in [6, 6.07) is 2.04. The van der Waals surface area contributed by atoms with E-state index in [1.807, 2.05) is 0 Å². The van der Waals surface area contributed by atoms with Gasteiger partial charge in [0.1, 0.15) is 0 Å². The molecule has 0 aliphatic carbocycles. The molecule has 0 bridgehead atoms. The summed E-state index contributed by atoms with van der Waals surface area (Å²) in [5, 5.41) is 30.4. The van der Waals surface area contributed by atoms with E-state index in [4.69, 9.17) is 10.8 Å². The summed E-state index contributed by atoms with van der Waals surface area (Å²) in [5.41, 5.74) is 2.77. The highest BCUT2D eigenvalue weighted by Crippen LogP contribution is 2.33. The van der Waals surface area contributed by atoms with Gasteiger partial charge < -0.3 is 10.8 Å². The van der Waals surface area contributed by atoms with Gasteiger partial charge in [0.25, 0.3) is 17.3 Å². The van der Waals surface area contributed by atoms with E-state index >= 15 is 0 Å². The third kappa shape index (κ3) is 3.39. The summed E-state index contributed by atoms with van der Waals surface area (Å²) < 4.78 is 0. The quantitative estimate of drug-likeness (QED) is 0.443. The van der Waals surface area contributed by atoms with E-state index < -0.39 is 32.7 Å². The average molecular weight is 287 g/mol. The second-order valence-electron chi connectivity index (χ2n) is 3.29. The van der Waals surface area contributed by atoms with Gasteiger partial charge in [-0.15, -0.1) is 11.8 Å². The first-order chi connectivity index (χ1) is 8.88. The van der Waals surface area contributed by atoms with Crippen molar-refractivity contribution >= 4 is 29.0 Å². The number of hydrogen-bond acceptors (Lipinski definition) is 7. The zero-order valence-electron chi connectivity index (χ0n) is 9.44. The lowest BCUT2D eigenvalue weighted by molar-refractivity contribution is -0.394. The molecule has 0 spiro atoms. The van der Waals surface area contributed by atoms with Gasteiger partial charge in [0.2, 0.25) is 0 Å². The molecule has 1 rings (SSSR count). The Morgan fingerprint density at radius 2 is 1.74 bits per heavy atom. The van der Waals surface area contributed by atoms with Crippen molar-refractivity contribution in [2.45, 2.75) is 4.90 Å². The minimum absolute atomic E-state index is 0.191. The van der Waals surface area contributed by atoms with Crippen LogP contribution in [0.1, 0.15) is 10.4 Å². The minimum Gasteiger partial charge on any atom is -0.396 e. The predicted molar refractivity (Wildman–Crippen MR) is 66.1 cm³/mol. The van der Waals surface area contributed by atoms with E-state index in [2.05, 4.69) is 0 Å². The summed E-state index contributed by atoms with van der Waals surface area (Å²) in [6.45, 7) is -0.191. The molecule has 19 heavy (non-hydrogen) atoms. The second-order valence-corrected chi connectivity index (χ2v) is 4.46. The fourth-order valence-corrected chi connectivity index (χ4v) is 2.09. The SMILES string of the molecule is NC(=O)c1c([N+](=O)[O-])cc(SCCO)cc1[N+](=O)[O-]. The predicted octanol–water partition coefficient (Wildman–Crippen LogP) is 0.686. The van der Waals surface area contributed by atoms with Gasteiger partial charge in [-0.3, -0.25) is 25.0 Å². The van der Waals surface area contributed by atoms with E-state index in [0.29, 0.717) is 0 Å². The molecule has 0 fully saturated rings. The maximum Gasteiger partial charge on any atom is 0.290 e. The zero-order chi connectivity index (χ0) is 14.6. The Hall–Kier alpha value is -2.20. The largest absolute Gasteiger partial charge is 0.396 e. The summed E-state index contributed by atoms with van der Waals surface area (Å²) in [7, 11) is 0. The first-order valence-corrected chi connectivity index (χ1v) is 5.87. The molecule has 0 aliphatic rings. The fourth-order valence-electron chi connectivity index (χ4n) is 1.37. The number of carbonyl (C=O) groups excluding carboxylic acids is 1. The standard InChI is InChI=1S/C9H9N3O6S/c10-9(14)8-6(11(15)16)3-5(19-2-1-13)4-7(8)12(17)18/h3-4,13H,1-2H2,(H2,10,14). The Morgan fingerprint density at radius 3 is 2.05 bits per heavy atom. The van der Waals surface area contributed by atoms with Crippen LogP contribution in [0.3, 0.4) is 0 Å². The molecule has 1 aromatic rings. The number of nitro groups is 2. The van der Waals surface area contributed by atoms with Crippen LogP contribution in [0.25, 0.3) is 0 Å². The lowest BCUT2D eigenvalue weighted by atomic mass is 10.1. The molecule has 0 aliphatic heterocycles. The minimum atomic E-state index is -1.24. The van der Waals surface area contributed by atoms with Gasteiger partial charge in [-0.25, -0.2) is 0 Å². The molecular formula is C9H9N3O6S. The molecule has 1 amide bonds. The number of amides is 1. The highest BCUT2D eigenvalue weighted by atomic mass is 32.2. The molecule has 10 heteroatoms. The van der Waals surface area contributed by atoms with Gasteiger partial charge in [-0.2, -0.15) is 0 Å². The smallest absolute Gasteiger partial charge is 0.290 e. The van der Waals surface area contributed by atoms with E-state index in [9.17, 15) is 25.0 Å². The van der Waals surface area contributed by atoms with Crippen LogP contribution >= 0.6 is 11.8 Å². The third-order valence-corrected chi connectivity index (χ3v) is 3.03. The first-order valence-electron chi connectivity index (χ1n) is 4.88. The van der Waals surface area contributed by atoms with E-state index in [1.54, 1.807) is 0 Å². The van der Waals surface area contributed by atoms with E-state index in [1.165, 1.54) is 0 Å². The average Bonchev–Trinajstić information content (AvgIpc) is 2.34. The number of nitrogens with two attached hydrogens (primary N) is 1. The van der Waals surface area contributed by atoms with Crippen LogP contribution in [-0.2, 0) is 0 Å². The molecule has 9 nitrogen and oxygen atoms in total. The van der Waals surface area contributed by atoms with Gasteiger partial charge in [0, 0.05) is 22.8 Å². The summed E-state index contributed by atoms with van der Waals surface area (Å²) in [5.74, 6) is -1.03.